The fourth-order valence-electron chi connectivity index (χ4n) is 3.00. The van der Waals surface area contributed by atoms with E-state index in [2.05, 4.69) is 13.0 Å². The molecule has 0 spiro atoms. The van der Waals surface area contributed by atoms with Crippen LogP contribution in [0.4, 0.5) is 0 Å². The lowest BCUT2D eigenvalue weighted by Crippen LogP contribution is -2.22. The fourth-order valence-corrected chi connectivity index (χ4v) is 3.00. The second-order valence-corrected chi connectivity index (χ2v) is 5.52. The van der Waals surface area contributed by atoms with Crippen molar-refractivity contribution in [2.24, 2.45) is 0 Å². The van der Waals surface area contributed by atoms with Crippen molar-refractivity contribution >= 4 is 5.97 Å². The lowest BCUT2D eigenvalue weighted by atomic mass is 9.87. The summed E-state index contributed by atoms with van der Waals surface area (Å²) in [6.07, 6.45) is 3.92. The number of ether oxygens (including phenoxy) is 1. The van der Waals surface area contributed by atoms with E-state index in [1.165, 1.54) is 18.4 Å². The quantitative estimate of drug-likeness (QED) is 0.888. The van der Waals surface area contributed by atoms with Crippen molar-refractivity contribution in [3.05, 3.63) is 28.8 Å². The Balaban J connectivity index is 2.16. The molecule has 0 bridgehead atoms. The summed E-state index contributed by atoms with van der Waals surface area (Å²) in [6.45, 7) is 2.05. The van der Waals surface area contributed by atoms with Crippen LogP contribution in [0.25, 0.3) is 0 Å². The Morgan fingerprint density at radius 3 is 2.50 bits per heavy atom. The monoisotopic (exact) mass is 246 g/mol. The summed E-state index contributed by atoms with van der Waals surface area (Å²) in [4.78, 5) is 11.5. The van der Waals surface area contributed by atoms with Gasteiger partial charge in [0.25, 0.3) is 0 Å². The van der Waals surface area contributed by atoms with Crippen molar-refractivity contribution < 1.29 is 14.6 Å². The van der Waals surface area contributed by atoms with Gasteiger partial charge in [-0.15, -0.1) is 0 Å². The van der Waals surface area contributed by atoms with Gasteiger partial charge in [-0.25, -0.2) is 0 Å². The molecular weight excluding hydrogens is 228 g/mol. The molecule has 0 radical (unpaired) electrons. The number of carbonyl (C=O) groups is 1. The van der Waals surface area contributed by atoms with E-state index in [-0.39, 0.29) is 0 Å². The number of carboxylic acid groups (broad SMARTS) is 1. The number of methoxy groups -OCH3 is 1. The summed E-state index contributed by atoms with van der Waals surface area (Å²) in [5.74, 6) is 0.660. The predicted octanol–water partition coefficient (Wildman–Crippen LogP) is 3.00. The largest absolute Gasteiger partial charge is 0.496 e. The first kappa shape index (κ1) is 11.6. The smallest absolute Gasteiger partial charge is 0.314 e. The molecule has 96 valence electrons. The molecule has 0 aliphatic heterocycles. The lowest BCUT2D eigenvalue weighted by Gasteiger charge is -2.20. The Kier molecular flexibility index (Phi) is 2.40. The zero-order valence-corrected chi connectivity index (χ0v) is 10.8. The number of hydrogen-bond acceptors (Lipinski definition) is 2. The van der Waals surface area contributed by atoms with E-state index in [4.69, 9.17) is 4.74 Å². The third-order valence-electron chi connectivity index (χ3n) is 4.34. The zero-order valence-electron chi connectivity index (χ0n) is 10.8. The van der Waals surface area contributed by atoms with Gasteiger partial charge >= 0.3 is 5.97 Å². The summed E-state index contributed by atoms with van der Waals surface area (Å²) in [7, 11) is 1.62. The third-order valence-corrected chi connectivity index (χ3v) is 4.34. The van der Waals surface area contributed by atoms with Crippen molar-refractivity contribution in [1.29, 1.82) is 0 Å². The molecule has 3 nitrogen and oxygen atoms in total. The van der Waals surface area contributed by atoms with Crippen LogP contribution in [-0.4, -0.2) is 18.2 Å². The van der Waals surface area contributed by atoms with Crippen molar-refractivity contribution in [3.63, 3.8) is 0 Å². The van der Waals surface area contributed by atoms with Gasteiger partial charge in [0.05, 0.1) is 12.5 Å². The van der Waals surface area contributed by atoms with E-state index in [1.807, 2.05) is 6.07 Å². The molecule has 2 aliphatic carbocycles. The van der Waals surface area contributed by atoms with Gasteiger partial charge in [0.2, 0.25) is 0 Å². The maximum absolute atomic E-state index is 11.5. The molecule has 0 heterocycles. The summed E-state index contributed by atoms with van der Waals surface area (Å²) < 4.78 is 5.39. The van der Waals surface area contributed by atoms with Gasteiger partial charge in [-0.05, 0) is 55.7 Å². The maximum Gasteiger partial charge on any atom is 0.314 e. The van der Waals surface area contributed by atoms with Crippen molar-refractivity contribution in [1.82, 2.24) is 0 Å². The Hall–Kier alpha value is -1.51. The Labute approximate surface area is 107 Å². The molecule has 1 aromatic carbocycles. The minimum absolute atomic E-state index is 0.638. The minimum Gasteiger partial charge on any atom is -0.496 e. The Bertz CT molecular complexity index is 511. The van der Waals surface area contributed by atoms with E-state index in [9.17, 15) is 9.90 Å². The average Bonchev–Trinajstić information content (AvgIpc) is 3.21. The highest BCUT2D eigenvalue weighted by atomic mass is 16.5. The normalized spacial score (nSPS) is 20.6. The van der Waals surface area contributed by atoms with E-state index < -0.39 is 11.4 Å². The molecule has 1 aromatic rings. The first-order valence-electron chi connectivity index (χ1n) is 6.51. The van der Waals surface area contributed by atoms with Crippen LogP contribution in [0.1, 0.15) is 48.3 Å². The zero-order chi connectivity index (χ0) is 12.9. The van der Waals surface area contributed by atoms with E-state index >= 15 is 0 Å². The van der Waals surface area contributed by atoms with Crippen molar-refractivity contribution in [2.75, 3.05) is 7.11 Å². The fraction of sp³-hybridized carbons (Fsp3) is 0.533. The molecule has 18 heavy (non-hydrogen) atoms. The predicted molar refractivity (Wildman–Crippen MR) is 68.3 cm³/mol. The number of benzene rings is 1. The van der Waals surface area contributed by atoms with Crippen molar-refractivity contribution in [3.8, 4) is 5.75 Å². The summed E-state index contributed by atoms with van der Waals surface area (Å²) in [5.41, 5.74) is 2.69. The van der Waals surface area contributed by atoms with Crippen LogP contribution in [-0.2, 0) is 10.2 Å². The highest BCUT2D eigenvalue weighted by molar-refractivity contribution is 5.87. The van der Waals surface area contributed by atoms with E-state index in [1.54, 1.807) is 7.11 Å². The van der Waals surface area contributed by atoms with E-state index in [0.29, 0.717) is 5.92 Å². The van der Waals surface area contributed by atoms with Crippen LogP contribution in [0, 0.1) is 6.92 Å². The topological polar surface area (TPSA) is 46.5 Å². The first-order valence-corrected chi connectivity index (χ1v) is 6.51. The molecule has 0 saturated heterocycles. The van der Waals surface area contributed by atoms with Gasteiger partial charge in [0.1, 0.15) is 5.75 Å². The molecule has 2 fully saturated rings. The molecule has 0 atom stereocenters. The second kappa shape index (κ2) is 3.74. The molecular formula is C15H18O3. The molecule has 1 N–H and O–H groups in total. The molecule has 3 rings (SSSR count). The van der Waals surface area contributed by atoms with Crippen LogP contribution in [0.3, 0.4) is 0 Å². The number of rotatable bonds is 4. The number of carboxylic acids is 1. The van der Waals surface area contributed by atoms with Gasteiger partial charge in [0, 0.05) is 5.56 Å². The molecule has 2 saturated carbocycles. The van der Waals surface area contributed by atoms with Crippen LogP contribution >= 0.6 is 0 Å². The summed E-state index contributed by atoms with van der Waals surface area (Å²) in [6, 6.07) is 4.05. The molecule has 0 amide bonds. The summed E-state index contributed by atoms with van der Waals surface area (Å²) >= 11 is 0. The minimum atomic E-state index is -0.711. The van der Waals surface area contributed by atoms with Crippen LogP contribution in [0.15, 0.2) is 12.1 Å². The molecule has 3 heteroatoms. The number of hydrogen-bond donors (Lipinski definition) is 1. The highest BCUT2D eigenvalue weighted by Gasteiger charge is 2.54. The van der Waals surface area contributed by atoms with Crippen LogP contribution < -0.4 is 4.74 Å². The molecule has 2 aliphatic rings. The maximum atomic E-state index is 11.5. The van der Waals surface area contributed by atoms with Gasteiger partial charge < -0.3 is 9.84 Å². The van der Waals surface area contributed by atoms with Gasteiger partial charge in [0.15, 0.2) is 0 Å². The van der Waals surface area contributed by atoms with Crippen molar-refractivity contribution in [2.45, 2.75) is 43.9 Å². The highest BCUT2D eigenvalue weighted by Crippen LogP contribution is 2.55. The number of aliphatic carboxylic acids is 1. The molecule has 0 aromatic heterocycles. The second-order valence-electron chi connectivity index (χ2n) is 5.52. The molecule has 0 unspecified atom stereocenters. The third kappa shape index (κ3) is 1.53. The SMILES string of the molecule is COc1ccc(C2CC2)c(C)c1C1(C(=O)O)CC1. The van der Waals surface area contributed by atoms with Crippen LogP contribution in [0.5, 0.6) is 5.75 Å². The van der Waals surface area contributed by atoms with Gasteiger partial charge in [-0.2, -0.15) is 0 Å². The van der Waals surface area contributed by atoms with Gasteiger partial charge in [-0.1, -0.05) is 6.07 Å². The van der Waals surface area contributed by atoms with Gasteiger partial charge in [-0.3, -0.25) is 4.79 Å². The van der Waals surface area contributed by atoms with Crippen LogP contribution in [0.2, 0.25) is 0 Å². The first-order chi connectivity index (χ1) is 8.60. The Morgan fingerprint density at radius 2 is 2.06 bits per heavy atom. The standard InChI is InChI=1S/C15H18O3/c1-9-11(10-3-4-10)5-6-12(18-2)13(9)15(7-8-15)14(16)17/h5-6,10H,3-4,7-8H2,1-2H3,(H,16,17). The summed E-state index contributed by atoms with van der Waals surface area (Å²) in [5, 5.41) is 9.49. The Morgan fingerprint density at radius 1 is 1.39 bits per heavy atom. The van der Waals surface area contributed by atoms with E-state index in [0.717, 1.165) is 29.7 Å². The lowest BCUT2D eigenvalue weighted by molar-refractivity contribution is -0.140. The average molecular weight is 246 g/mol.